The van der Waals surface area contributed by atoms with Crippen LogP contribution in [0.3, 0.4) is 0 Å². The van der Waals surface area contributed by atoms with E-state index in [1.165, 1.54) is 0 Å². The third kappa shape index (κ3) is 5.45. The Bertz CT molecular complexity index is 416. The number of carbonyl (C=O) groups excluding carboxylic acids is 2. The Kier molecular flexibility index (Phi) is 7.99. The van der Waals surface area contributed by atoms with Crippen LogP contribution in [0.15, 0.2) is 0 Å². The third-order valence-electron chi connectivity index (χ3n) is 5.15. The number of carbonyl (C=O) groups is 2. The van der Waals surface area contributed by atoms with Crippen LogP contribution in [0.4, 0.5) is 0 Å². The second kappa shape index (κ2) is 9.99. The largest absolute Gasteiger partial charge is 0.385 e. The molecule has 0 unspecified atom stereocenters. The first-order chi connectivity index (χ1) is 11.7. The van der Waals surface area contributed by atoms with Crippen LogP contribution in [0.25, 0.3) is 0 Å². The molecule has 0 aromatic carbocycles. The fourth-order valence-electron chi connectivity index (χ4n) is 3.73. The summed E-state index contributed by atoms with van der Waals surface area (Å²) in [7, 11) is 1.74. The van der Waals surface area contributed by atoms with Gasteiger partial charge in [-0.25, -0.2) is 0 Å². The second-order valence-electron chi connectivity index (χ2n) is 6.90. The zero-order valence-corrected chi connectivity index (χ0v) is 15.3. The average molecular weight is 339 g/mol. The van der Waals surface area contributed by atoms with E-state index in [-0.39, 0.29) is 17.7 Å². The van der Waals surface area contributed by atoms with Gasteiger partial charge in [0.05, 0.1) is 5.92 Å². The van der Waals surface area contributed by atoms with Crippen LogP contribution in [-0.2, 0) is 14.3 Å². The van der Waals surface area contributed by atoms with E-state index < -0.39 is 0 Å². The lowest BCUT2D eigenvalue weighted by Gasteiger charge is -2.34. The fourth-order valence-corrected chi connectivity index (χ4v) is 3.73. The molecular formula is C18H33N3O3. The summed E-state index contributed by atoms with van der Waals surface area (Å²) in [4.78, 5) is 31.1. The zero-order chi connectivity index (χ0) is 17.4. The van der Waals surface area contributed by atoms with Crippen molar-refractivity contribution in [2.45, 2.75) is 39.0 Å². The molecule has 2 amide bonds. The lowest BCUT2D eigenvalue weighted by molar-refractivity contribution is -0.140. The maximum atomic E-state index is 12.9. The number of piperidine rings is 1. The molecular weight excluding hydrogens is 306 g/mol. The monoisotopic (exact) mass is 339 g/mol. The molecule has 0 saturated carbocycles. The maximum absolute atomic E-state index is 12.9. The molecule has 0 radical (unpaired) electrons. The first-order valence-electron chi connectivity index (χ1n) is 9.43. The maximum Gasteiger partial charge on any atom is 0.227 e. The highest BCUT2D eigenvalue weighted by Crippen LogP contribution is 2.20. The standard InChI is InChI=1S/C18H33N3O3/c1-3-17(22)21-10-4-7-16(15-21)18(23)20-11-5-8-19(12-13-20)9-6-14-24-2/h16H,3-15H2,1-2H3/t16-/m1/s1. The van der Waals surface area contributed by atoms with Crippen molar-refractivity contribution < 1.29 is 14.3 Å². The van der Waals surface area contributed by atoms with E-state index >= 15 is 0 Å². The molecule has 2 heterocycles. The summed E-state index contributed by atoms with van der Waals surface area (Å²) in [5.41, 5.74) is 0. The van der Waals surface area contributed by atoms with Crippen molar-refractivity contribution in [3.05, 3.63) is 0 Å². The minimum atomic E-state index is -0.00529. The predicted octanol–water partition coefficient (Wildman–Crippen LogP) is 1.21. The Morgan fingerprint density at radius 3 is 2.58 bits per heavy atom. The number of methoxy groups -OCH3 is 1. The van der Waals surface area contributed by atoms with Gasteiger partial charge >= 0.3 is 0 Å². The quantitative estimate of drug-likeness (QED) is 0.683. The van der Waals surface area contributed by atoms with Gasteiger partial charge < -0.3 is 19.4 Å². The third-order valence-corrected chi connectivity index (χ3v) is 5.15. The van der Waals surface area contributed by atoms with Crippen LogP contribution in [-0.4, -0.2) is 86.0 Å². The first kappa shape index (κ1) is 19.2. The number of rotatable bonds is 6. The number of ether oxygens (including phenoxy) is 1. The average Bonchev–Trinajstić information content (AvgIpc) is 2.86. The second-order valence-corrected chi connectivity index (χ2v) is 6.90. The molecule has 1 atom stereocenters. The van der Waals surface area contributed by atoms with E-state index in [9.17, 15) is 9.59 Å². The molecule has 0 N–H and O–H groups in total. The zero-order valence-electron chi connectivity index (χ0n) is 15.3. The van der Waals surface area contributed by atoms with Gasteiger partial charge in [-0.2, -0.15) is 0 Å². The number of likely N-dealkylation sites (tertiary alicyclic amines) is 1. The normalized spacial score (nSPS) is 23.2. The van der Waals surface area contributed by atoms with Gasteiger partial charge in [0, 0.05) is 59.4 Å². The highest BCUT2D eigenvalue weighted by atomic mass is 16.5. The molecule has 138 valence electrons. The minimum Gasteiger partial charge on any atom is -0.385 e. The summed E-state index contributed by atoms with van der Waals surface area (Å²) in [6.45, 7) is 8.80. The Morgan fingerprint density at radius 1 is 1.04 bits per heavy atom. The molecule has 2 fully saturated rings. The van der Waals surface area contributed by atoms with Gasteiger partial charge in [-0.05, 0) is 32.2 Å². The van der Waals surface area contributed by atoms with Crippen molar-refractivity contribution in [3.63, 3.8) is 0 Å². The Hall–Kier alpha value is -1.14. The van der Waals surface area contributed by atoms with Gasteiger partial charge in [0.1, 0.15) is 0 Å². The molecule has 2 aliphatic rings. The summed E-state index contributed by atoms with van der Waals surface area (Å²) in [6.07, 6.45) is 4.46. The summed E-state index contributed by atoms with van der Waals surface area (Å²) in [5.74, 6) is 0.421. The van der Waals surface area contributed by atoms with Gasteiger partial charge in [0.25, 0.3) is 0 Å². The number of hydrogen-bond acceptors (Lipinski definition) is 4. The van der Waals surface area contributed by atoms with Crippen LogP contribution < -0.4 is 0 Å². The van der Waals surface area contributed by atoms with Crippen LogP contribution in [0.1, 0.15) is 39.0 Å². The van der Waals surface area contributed by atoms with Crippen LogP contribution in [0.2, 0.25) is 0 Å². The number of hydrogen-bond donors (Lipinski definition) is 0. The molecule has 0 aromatic heterocycles. The lowest BCUT2D eigenvalue weighted by Crippen LogP contribution is -2.47. The summed E-state index contributed by atoms with van der Waals surface area (Å²) in [5, 5.41) is 0. The molecule has 2 aliphatic heterocycles. The van der Waals surface area contributed by atoms with Gasteiger partial charge in [0.2, 0.25) is 11.8 Å². The minimum absolute atomic E-state index is 0.00529. The highest BCUT2D eigenvalue weighted by Gasteiger charge is 2.31. The molecule has 2 saturated heterocycles. The fraction of sp³-hybridized carbons (Fsp3) is 0.889. The Labute approximate surface area is 146 Å². The van der Waals surface area contributed by atoms with E-state index in [0.717, 1.165) is 71.6 Å². The lowest BCUT2D eigenvalue weighted by atomic mass is 9.96. The molecule has 0 bridgehead atoms. The van der Waals surface area contributed by atoms with Crippen LogP contribution in [0.5, 0.6) is 0 Å². The van der Waals surface area contributed by atoms with Crippen molar-refractivity contribution in [1.82, 2.24) is 14.7 Å². The van der Waals surface area contributed by atoms with Crippen LogP contribution >= 0.6 is 0 Å². The molecule has 6 heteroatoms. The van der Waals surface area contributed by atoms with Crippen molar-refractivity contribution >= 4 is 11.8 Å². The van der Waals surface area contributed by atoms with Gasteiger partial charge in [-0.15, -0.1) is 0 Å². The van der Waals surface area contributed by atoms with E-state index in [2.05, 4.69) is 4.90 Å². The van der Waals surface area contributed by atoms with Gasteiger partial charge in [-0.1, -0.05) is 6.92 Å². The smallest absolute Gasteiger partial charge is 0.227 e. The Balaban J connectivity index is 1.82. The molecule has 0 spiro atoms. The van der Waals surface area contributed by atoms with Crippen molar-refractivity contribution in [3.8, 4) is 0 Å². The predicted molar refractivity (Wildman–Crippen MR) is 93.7 cm³/mol. The van der Waals surface area contributed by atoms with E-state index in [1.54, 1.807) is 7.11 Å². The molecule has 0 aliphatic carbocycles. The first-order valence-corrected chi connectivity index (χ1v) is 9.43. The van der Waals surface area contributed by atoms with E-state index in [0.29, 0.717) is 13.0 Å². The van der Waals surface area contributed by atoms with Gasteiger partial charge in [-0.3, -0.25) is 9.59 Å². The molecule has 24 heavy (non-hydrogen) atoms. The topological polar surface area (TPSA) is 53.1 Å². The van der Waals surface area contributed by atoms with Crippen LogP contribution in [0, 0.1) is 5.92 Å². The molecule has 6 nitrogen and oxygen atoms in total. The SMILES string of the molecule is CCC(=O)N1CCC[C@@H](C(=O)N2CCCN(CCCOC)CC2)C1. The summed E-state index contributed by atoms with van der Waals surface area (Å²) >= 11 is 0. The molecule has 2 rings (SSSR count). The Morgan fingerprint density at radius 2 is 1.83 bits per heavy atom. The van der Waals surface area contributed by atoms with Crippen molar-refractivity contribution in [2.75, 3.05) is 59.5 Å². The van der Waals surface area contributed by atoms with Gasteiger partial charge in [0.15, 0.2) is 0 Å². The van der Waals surface area contributed by atoms with Crippen molar-refractivity contribution in [2.24, 2.45) is 5.92 Å². The number of nitrogens with zero attached hydrogens (tertiary/aromatic N) is 3. The van der Waals surface area contributed by atoms with E-state index in [1.807, 2.05) is 16.7 Å². The highest BCUT2D eigenvalue weighted by molar-refractivity contribution is 5.81. The van der Waals surface area contributed by atoms with Crippen molar-refractivity contribution in [1.29, 1.82) is 0 Å². The number of amides is 2. The summed E-state index contributed by atoms with van der Waals surface area (Å²) in [6, 6.07) is 0. The molecule has 0 aromatic rings. The summed E-state index contributed by atoms with van der Waals surface area (Å²) < 4.78 is 5.12. The van der Waals surface area contributed by atoms with E-state index in [4.69, 9.17) is 4.74 Å².